The zero-order chi connectivity index (χ0) is 18.4. The van der Waals surface area contributed by atoms with Crippen LogP contribution in [0.25, 0.3) is 0 Å². The highest BCUT2D eigenvalue weighted by molar-refractivity contribution is 5.95. The van der Waals surface area contributed by atoms with Crippen molar-refractivity contribution in [3.63, 3.8) is 0 Å². The lowest BCUT2D eigenvalue weighted by Crippen LogP contribution is -2.48. The normalized spacial score (nSPS) is 14.9. The molecule has 5 heteroatoms. The molecule has 0 aromatic heterocycles. The SMILES string of the molecule is CCN1CCN(C(=O)c2ccc(CNC(=O)c3ccccc3)cc2)CC1. The number of nitrogens with zero attached hydrogens (tertiary/aromatic N) is 2. The van der Waals surface area contributed by atoms with Crippen molar-refractivity contribution in [3.05, 3.63) is 71.3 Å². The Kier molecular flexibility index (Phi) is 6.02. The van der Waals surface area contributed by atoms with E-state index in [0.29, 0.717) is 17.7 Å². The summed E-state index contributed by atoms with van der Waals surface area (Å²) in [4.78, 5) is 28.9. The molecule has 0 spiro atoms. The second-order valence-corrected chi connectivity index (χ2v) is 6.47. The fourth-order valence-electron chi connectivity index (χ4n) is 3.09. The summed E-state index contributed by atoms with van der Waals surface area (Å²) in [5.41, 5.74) is 2.32. The van der Waals surface area contributed by atoms with Crippen LogP contribution in [0.15, 0.2) is 54.6 Å². The molecule has 0 aliphatic carbocycles. The van der Waals surface area contributed by atoms with Gasteiger partial charge >= 0.3 is 0 Å². The Labute approximate surface area is 154 Å². The molecule has 5 nitrogen and oxygen atoms in total. The van der Waals surface area contributed by atoms with Crippen LogP contribution < -0.4 is 5.32 Å². The molecule has 1 aliphatic rings. The summed E-state index contributed by atoms with van der Waals surface area (Å²) >= 11 is 0. The Hall–Kier alpha value is -2.66. The summed E-state index contributed by atoms with van der Waals surface area (Å²) in [6.07, 6.45) is 0. The van der Waals surface area contributed by atoms with E-state index in [4.69, 9.17) is 0 Å². The first-order chi connectivity index (χ1) is 12.7. The van der Waals surface area contributed by atoms with E-state index in [9.17, 15) is 9.59 Å². The van der Waals surface area contributed by atoms with Crippen LogP contribution in [-0.2, 0) is 6.54 Å². The quantitative estimate of drug-likeness (QED) is 0.900. The zero-order valence-corrected chi connectivity index (χ0v) is 15.1. The number of amides is 2. The van der Waals surface area contributed by atoms with Gasteiger partial charge in [-0.15, -0.1) is 0 Å². The van der Waals surface area contributed by atoms with Crippen molar-refractivity contribution in [3.8, 4) is 0 Å². The Morgan fingerprint density at radius 3 is 2.15 bits per heavy atom. The number of hydrogen-bond donors (Lipinski definition) is 1. The zero-order valence-electron chi connectivity index (χ0n) is 15.1. The van der Waals surface area contributed by atoms with Gasteiger partial charge < -0.3 is 15.1 Å². The van der Waals surface area contributed by atoms with Crippen LogP contribution in [0, 0.1) is 0 Å². The van der Waals surface area contributed by atoms with Crippen molar-refractivity contribution in [2.24, 2.45) is 0 Å². The molecule has 0 bridgehead atoms. The third-order valence-electron chi connectivity index (χ3n) is 4.80. The van der Waals surface area contributed by atoms with Gasteiger partial charge in [-0.05, 0) is 36.4 Å². The lowest BCUT2D eigenvalue weighted by molar-refractivity contribution is 0.0643. The molecule has 2 aromatic rings. The van der Waals surface area contributed by atoms with E-state index in [0.717, 1.165) is 38.3 Å². The number of carbonyl (C=O) groups excluding carboxylic acids is 2. The van der Waals surface area contributed by atoms with E-state index in [-0.39, 0.29) is 11.8 Å². The topological polar surface area (TPSA) is 52.6 Å². The maximum absolute atomic E-state index is 12.6. The molecule has 1 aliphatic heterocycles. The van der Waals surface area contributed by atoms with Gasteiger partial charge in [-0.1, -0.05) is 37.3 Å². The minimum atomic E-state index is -0.0976. The van der Waals surface area contributed by atoms with Crippen LogP contribution in [0.3, 0.4) is 0 Å². The molecule has 3 rings (SSSR count). The first-order valence-corrected chi connectivity index (χ1v) is 9.11. The number of carbonyl (C=O) groups is 2. The molecule has 0 radical (unpaired) electrons. The van der Waals surface area contributed by atoms with Crippen molar-refractivity contribution in [1.29, 1.82) is 0 Å². The number of hydrogen-bond acceptors (Lipinski definition) is 3. The van der Waals surface area contributed by atoms with Gasteiger partial charge in [0.2, 0.25) is 0 Å². The molecule has 1 heterocycles. The average molecular weight is 351 g/mol. The van der Waals surface area contributed by atoms with Gasteiger partial charge in [-0.25, -0.2) is 0 Å². The minimum Gasteiger partial charge on any atom is -0.348 e. The number of benzene rings is 2. The Balaban J connectivity index is 1.53. The van der Waals surface area contributed by atoms with Gasteiger partial charge in [-0.3, -0.25) is 9.59 Å². The Morgan fingerprint density at radius 2 is 1.54 bits per heavy atom. The van der Waals surface area contributed by atoms with Crippen LogP contribution in [0.5, 0.6) is 0 Å². The Bertz CT molecular complexity index is 736. The molecule has 1 fully saturated rings. The standard InChI is InChI=1S/C21H25N3O2/c1-2-23-12-14-24(15-13-23)21(26)19-10-8-17(9-11-19)16-22-20(25)18-6-4-3-5-7-18/h3-11H,2,12-16H2,1H3,(H,22,25). The molecule has 0 atom stereocenters. The summed E-state index contributed by atoms with van der Waals surface area (Å²) in [5, 5.41) is 2.90. The lowest BCUT2D eigenvalue weighted by atomic mass is 10.1. The number of likely N-dealkylation sites (N-methyl/N-ethyl adjacent to an activating group) is 1. The van der Waals surface area contributed by atoms with Gasteiger partial charge in [0, 0.05) is 43.9 Å². The lowest BCUT2D eigenvalue weighted by Gasteiger charge is -2.34. The molecule has 2 amide bonds. The fraction of sp³-hybridized carbons (Fsp3) is 0.333. The van der Waals surface area contributed by atoms with Crippen LogP contribution in [0.1, 0.15) is 33.2 Å². The van der Waals surface area contributed by atoms with Crippen LogP contribution in [0.4, 0.5) is 0 Å². The highest BCUT2D eigenvalue weighted by atomic mass is 16.2. The molecule has 136 valence electrons. The van der Waals surface area contributed by atoms with Crippen molar-refractivity contribution in [2.75, 3.05) is 32.7 Å². The molecule has 0 unspecified atom stereocenters. The van der Waals surface area contributed by atoms with E-state index in [1.807, 2.05) is 47.4 Å². The molecule has 1 saturated heterocycles. The molecule has 26 heavy (non-hydrogen) atoms. The maximum Gasteiger partial charge on any atom is 0.253 e. The largest absolute Gasteiger partial charge is 0.348 e. The smallest absolute Gasteiger partial charge is 0.253 e. The van der Waals surface area contributed by atoms with Gasteiger partial charge in [-0.2, -0.15) is 0 Å². The van der Waals surface area contributed by atoms with E-state index in [2.05, 4.69) is 17.1 Å². The second kappa shape index (κ2) is 8.63. The monoisotopic (exact) mass is 351 g/mol. The van der Waals surface area contributed by atoms with E-state index in [1.165, 1.54) is 0 Å². The average Bonchev–Trinajstić information content (AvgIpc) is 2.72. The summed E-state index contributed by atoms with van der Waals surface area (Å²) < 4.78 is 0. The third kappa shape index (κ3) is 4.49. The van der Waals surface area contributed by atoms with Gasteiger partial charge in [0.1, 0.15) is 0 Å². The summed E-state index contributed by atoms with van der Waals surface area (Å²) in [7, 11) is 0. The number of rotatable bonds is 5. The highest BCUT2D eigenvalue weighted by Crippen LogP contribution is 2.11. The van der Waals surface area contributed by atoms with Crippen LogP contribution >= 0.6 is 0 Å². The van der Waals surface area contributed by atoms with Crippen molar-refractivity contribution in [1.82, 2.24) is 15.1 Å². The number of piperazine rings is 1. The second-order valence-electron chi connectivity index (χ2n) is 6.47. The number of nitrogens with one attached hydrogen (secondary N) is 1. The predicted octanol–water partition coefficient (Wildman–Crippen LogP) is 2.39. The van der Waals surface area contributed by atoms with E-state index in [1.54, 1.807) is 12.1 Å². The first kappa shape index (κ1) is 18.1. The molecule has 0 saturated carbocycles. The molecular weight excluding hydrogens is 326 g/mol. The van der Waals surface area contributed by atoms with Crippen molar-refractivity contribution in [2.45, 2.75) is 13.5 Å². The molecule has 2 aromatic carbocycles. The Morgan fingerprint density at radius 1 is 0.885 bits per heavy atom. The van der Waals surface area contributed by atoms with E-state index < -0.39 is 0 Å². The van der Waals surface area contributed by atoms with Crippen LogP contribution in [0.2, 0.25) is 0 Å². The summed E-state index contributed by atoms with van der Waals surface area (Å²) in [6.45, 7) is 7.05. The molecule has 1 N–H and O–H groups in total. The van der Waals surface area contributed by atoms with Gasteiger partial charge in [0.25, 0.3) is 11.8 Å². The van der Waals surface area contributed by atoms with Crippen molar-refractivity contribution >= 4 is 11.8 Å². The molecular formula is C21H25N3O2. The summed E-state index contributed by atoms with van der Waals surface area (Å²) in [6, 6.07) is 16.6. The third-order valence-corrected chi connectivity index (χ3v) is 4.80. The first-order valence-electron chi connectivity index (χ1n) is 9.11. The maximum atomic E-state index is 12.6. The highest BCUT2D eigenvalue weighted by Gasteiger charge is 2.21. The minimum absolute atomic E-state index is 0.0839. The van der Waals surface area contributed by atoms with Crippen LogP contribution in [-0.4, -0.2) is 54.3 Å². The van der Waals surface area contributed by atoms with Gasteiger partial charge in [0.15, 0.2) is 0 Å². The van der Waals surface area contributed by atoms with E-state index >= 15 is 0 Å². The predicted molar refractivity (Wildman–Crippen MR) is 102 cm³/mol. The summed E-state index contributed by atoms with van der Waals surface area (Å²) in [5.74, 6) is -0.0137. The fourth-order valence-corrected chi connectivity index (χ4v) is 3.09. The van der Waals surface area contributed by atoms with Crippen molar-refractivity contribution < 1.29 is 9.59 Å². The van der Waals surface area contributed by atoms with Gasteiger partial charge in [0.05, 0.1) is 0 Å².